The Bertz CT molecular complexity index is 1040. The number of carboxylic acid groups (broad SMARTS) is 1. The summed E-state index contributed by atoms with van der Waals surface area (Å²) in [6, 6.07) is 4.82. The normalized spacial score (nSPS) is 16.7. The minimum atomic E-state index is -4.38. The molecule has 1 aliphatic rings. The SMILES string of the molecule is O=C(O)/C=C/c1nn(Cc2ccc(Cl)cc2Cl)c2c1=CCC(C(F)(F)F)C=2. The van der Waals surface area contributed by atoms with Gasteiger partial charge in [-0.25, -0.2) is 4.79 Å². The monoisotopic (exact) mass is 416 g/mol. The zero-order valence-corrected chi connectivity index (χ0v) is 15.2. The van der Waals surface area contributed by atoms with Crippen molar-refractivity contribution in [3.8, 4) is 0 Å². The fraction of sp³-hybridized carbons (Fsp3) is 0.222. The van der Waals surface area contributed by atoms with E-state index in [2.05, 4.69) is 5.10 Å². The fourth-order valence-electron chi connectivity index (χ4n) is 2.83. The first-order valence-electron chi connectivity index (χ1n) is 7.85. The average Bonchev–Trinajstić information content (AvgIpc) is 2.92. The lowest BCUT2D eigenvalue weighted by Gasteiger charge is -2.17. The quantitative estimate of drug-likeness (QED) is 0.776. The molecule has 0 bridgehead atoms. The number of nitrogens with zero attached hydrogens (tertiary/aromatic N) is 2. The summed E-state index contributed by atoms with van der Waals surface area (Å²) in [7, 11) is 0. The molecule has 27 heavy (non-hydrogen) atoms. The van der Waals surface area contributed by atoms with Gasteiger partial charge >= 0.3 is 12.1 Å². The van der Waals surface area contributed by atoms with Gasteiger partial charge in [-0.1, -0.05) is 35.3 Å². The van der Waals surface area contributed by atoms with Gasteiger partial charge < -0.3 is 5.11 Å². The van der Waals surface area contributed by atoms with Crippen LogP contribution in [0.1, 0.15) is 17.7 Å². The average molecular weight is 417 g/mol. The predicted molar refractivity (Wildman–Crippen MR) is 96.8 cm³/mol. The van der Waals surface area contributed by atoms with E-state index in [-0.39, 0.29) is 24.0 Å². The Labute approximate surface area is 161 Å². The molecular weight excluding hydrogens is 404 g/mol. The molecule has 1 heterocycles. The molecule has 2 aromatic rings. The van der Waals surface area contributed by atoms with Crippen molar-refractivity contribution < 1.29 is 23.1 Å². The largest absolute Gasteiger partial charge is 0.478 e. The number of hydrogen-bond donors (Lipinski definition) is 1. The van der Waals surface area contributed by atoms with Crippen LogP contribution in [-0.4, -0.2) is 27.0 Å². The number of benzene rings is 1. The standard InChI is InChI=1S/C18H13Cl2F3N2O2/c19-12-3-1-10(14(20)8-12)9-25-16-7-11(18(21,22)23)2-4-13(16)15(24-25)5-6-17(26)27/h1,3-8,11H,2,9H2,(H,26,27)/b6-5+. The van der Waals surface area contributed by atoms with Crippen molar-refractivity contribution in [3.63, 3.8) is 0 Å². The number of fused-ring (bicyclic) bond motifs is 1. The summed E-state index contributed by atoms with van der Waals surface area (Å²) in [5, 5.41) is 14.6. The Hall–Kier alpha value is -2.25. The number of carbonyl (C=O) groups is 1. The molecule has 0 aliphatic heterocycles. The van der Waals surface area contributed by atoms with Gasteiger partial charge in [-0.15, -0.1) is 0 Å². The van der Waals surface area contributed by atoms with Crippen LogP contribution in [0.3, 0.4) is 0 Å². The second-order valence-electron chi connectivity index (χ2n) is 6.00. The highest BCUT2D eigenvalue weighted by molar-refractivity contribution is 6.35. The molecule has 1 aromatic heterocycles. The van der Waals surface area contributed by atoms with Crippen LogP contribution < -0.4 is 10.6 Å². The van der Waals surface area contributed by atoms with Crippen molar-refractivity contribution in [1.82, 2.24) is 9.78 Å². The summed E-state index contributed by atoms with van der Waals surface area (Å²) in [6.45, 7) is 0.119. The van der Waals surface area contributed by atoms with Crippen LogP contribution in [0.25, 0.3) is 18.2 Å². The van der Waals surface area contributed by atoms with Crippen LogP contribution in [0.5, 0.6) is 0 Å². The van der Waals surface area contributed by atoms with Crippen molar-refractivity contribution in [2.24, 2.45) is 5.92 Å². The smallest absolute Gasteiger partial charge is 0.395 e. The highest BCUT2D eigenvalue weighted by Gasteiger charge is 2.38. The number of alkyl halides is 3. The van der Waals surface area contributed by atoms with Gasteiger partial charge in [0.05, 0.1) is 23.5 Å². The molecule has 0 saturated heterocycles. The van der Waals surface area contributed by atoms with Gasteiger partial charge in [0.1, 0.15) is 0 Å². The number of carboxylic acids is 1. The van der Waals surface area contributed by atoms with E-state index in [1.54, 1.807) is 12.1 Å². The van der Waals surface area contributed by atoms with E-state index in [1.165, 1.54) is 22.9 Å². The lowest BCUT2D eigenvalue weighted by molar-refractivity contribution is -0.155. The van der Waals surface area contributed by atoms with Crippen LogP contribution in [-0.2, 0) is 11.3 Å². The van der Waals surface area contributed by atoms with E-state index in [1.807, 2.05) is 0 Å². The third-order valence-corrected chi connectivity index (χ3v) is 4.72. The maximum Gasteiger partial charge on any atom is 0.395 e. The van der Waals surface area contributed by atoms with Gasteiger partial charge in [0.25, 0.3) is 0 Å². The van der Waals surface area contributed by atoms with E-state index >= 15 is 0 Å². The second kappa shape index (κ2) is 7.40. The maximum atomic E-state index is 13.2. The van der Waals surface area contributed by atoms with Gasteiger partial charge in [-0.2, -0.15) is 18.3 Å². The van der Waals surface area contributed by atoms with Crippen LogP contribution in [0.4, 0.5) is 13.2 Å². The summed E-state index contributed by atoms with van der Waals surface area (Å²) in [4.78, 5) is 10.8. The number of rotatable bonds is 4. The van der Waals surface area contributed by atoms with E-state index in [4.69, 9.17) is 28.3 Å². The Kier molecular flexibility index (Phi) is 5.35. The van der Waals surface area contributed by atoms with Gasteiger partial charge in [0.15, 0.2) is 0 Å². The number of hydrogen-bond acceptors (Lipinski definition) is 2. The molecule has 1 N–H and O–H groups in total. The zero-order chi connectivity index (χ0) is 19.8. The molecule has 3 rings (SSSR count). The molecule has 0 saturated carbocycles. The Morgan fingerprint density at radius 2 is 2.11 bits per heavy atom. The molecule has 0 radical (unpaired) electrons. The van der Waals surface area contributed by atoms with Crippen LogP contribution in [0.15, 0.2) is 24.3 Å². The van der Waals surface area contributed by atoms with Gasteiger partial charge in [0, 0.05) is 21.3 Å². The molecule has 4 nitrogen and oxygen atoms in total. The number of aromatic nitrogens is 2. The third kappa shape index (κ3) is 4.36. The zero-order valence-electron chi connectivity index (χ0n) is 13.7. The highest BCUT2D eigenvalue weighted by Crippen LogP contribution is 2.31. The first-order chi connectivity index (χ1) is 12.6. The summed E-state index contributed by atoms with van der Waals surface area (Å²) in [6.07, 6.45) is 0.105. The predicted octanol–water partition coefficient (Wildman–Crippen LogP) is 3.48. The third-order valence-electron chi connectivity index (χ3n) is 4.13. The fourth-order valence-corrected chi connectivity index (χ4v) is 3.30. The number of halogens is 5. The molecule has 1 unspecified atom stereocenters. The topological polar surface area (TPSA) is 55.1 Å². The first-order valence-corrected chi connectivity index (χ1v) is 8.61. The number of aliphatic carboxylic acids is 1. The molecular formula is C18H13Cl2F3N2O2. The minimum Gasteiger partial charge on any atom is -0.478 e. The first kappa shape index (κ1) is 19.5. The van der Waals surface area contributed by atoms with Crippen molar-refractivity contribution in [2.45, 2.75) is 19.1 Å². The minimum absolute atomic E-state index is 0.119. The van der Waals surface area contributed by atoms with Crippen LogP contribution in [0.2, 0.25) is 10.0 Å². The molecule has 1 aromatic carbocycles. The lowest BCUT2D eigenvalue weighted by Crippen LogP contribution is -2.37. The Morgan fingerprint density at radius 3 is 2.74 bits per heavy atom. The van der Waals surface area contributed by atoms with Crippen LogP contribution in [0, 0.1) is 5.92 Å². The van der Waals surface area contributed by atoms with Crippen molar-refractivity contribution in [3.05, 3.63) is 56.1 Å². The summed E-state index contributed by atoms with van der Waals surface area (Å²) >= 11 is 12.0. The molecule has 142 valence electrons. The molecule has 1 atom stereocenters. The van der Waals surface area contributed by atoms with Crippen LogP contribution >= 0.6 is 23.2 Å². The van der Waals surface area contributed by atoms with E-state index in [9.17, 15) is 18.0 Å². The molecule has 9 heteroatoms. The lowest BCUT2D eigenvalue weighted by atomic mass is 9.99. The summed E-state index contributed by atoms with van der Waals surface area (Å²) < 4.78 is 40.9. The molecule has 1 aliphatic carbocycles. The van der Waals surface area contributed by atoms with E-state index < -0.39 is 18.1 Å². The van der Waals surface area contributed by atoms with Crippen molar-refractivity contribution in [2.75, 3.05) is 0 Å². The molecule has 0 fully saturated rings. The van der Waals surface area contributed by atoms with E-state index in [0.29, 0.717) is 20.8 Å². The van der Waals surface area contributed by atoms with Crippen molar-refractivity contribution >= 4 is 47.4 Å². The summed E-state index contributed by atoms with van der Waals surface area (Å²) in [5.41, 5.74) is 0.914. The van der Waals surface area contributed by atoms with Gasteiger partial charge in [-0.3, -0.25) is 4.68 Å². The molecule has 0 spiro atoms. The van der Waals surface area contributed by atoms with Gasteiger partial charge in [-0.05, 0) is 36.3 Å². The summed E-state index contributed by atoms with van der Waals surface area (Å²) in [5.74, 6) is -2.80. The van der Waals surface area contributed by atoms with E-state index in [0.717, 1.165) is 12.2 Å². The molecule has 0 amide bonds. The van der Waals surface area contributed by atoms with Gasteiger partial charge in [0.2, 0.25) is 0 Å². The highest BCUT2D eigenvalue weighted by atomic mass is 35.5. The Balaban J connectivity index is 2.12. The maximum absolute atomic E-state index is 13.2. The van der Waals surface area contributed by atoms with Crippen molar-refractivity contribution in [1.29, 1.82) is 0 Å². The Morgan fingerprint density at radius 1 is 1.37 bits per heavy atom. The second-order valence-corrected chi connectivity index (χ2v) is 6.85.